The summed E-state index contributed by atoms with van der Waals surface area (Å²) in [4.78, 5) is 7.23. The number of hydrogen-bond donors (Lipinski definition) is 0. The molecular weight excluding hydrogens is 787 g/mol. The molecule has 2 aromatic heterocycles. The molecule has 0 unspecified atom stereocenters. The Morgan fingerprint density at radius 1 is 0.286 bits per heavy atom. The van der Waals surface area contributed by atoms with Crippen molar-refractivity contribution < 1.29 is 4.42 Å². The number of hydrogen-bond acceptors (Lipinski definition) is 5. The summed E-state index contributed by atoms with van der Waals surface area (Å²) in [6.45, 7) is 0. The van der Waals surface area contributed by atoms with E-state index in [-0.39, 0.29) is 0 Å². The summed E-state index contributed by atoms with van der Waals surface area (Å²) in [5.41, 5.74) is 11.4. The molecule has 0 atom stereocenters. The molecule has 298 valence electrons. The van der Waals surface area contributed by atoms with Crippen LogP contribution in [0.4, 0.5) is 51.2 Å². The average molecular weight is 826 g/mol. The molecule has 0 N–H and O–H groups in total. The number of benzene rings is 10. The highest BCUT2D eigenvalue weighted by Crippen LogP contribution is 2.53. The number of fused-ring (bicyclic) bond motifs is 8. The Morgan fingerprint density at radius 3 is 1.29 bits per heavy atom. The van der Waals surface area contributed by atoms with Crippen LogP contribution in [0.5, 0.6) is 0 Å². The monoisotopic (exact) mass is 825 g/mol. The van der Waals surface area contributed by atoms with Crippen LogP contribution in [0.1, 0.15) is 0 Å². The van der Waals surface area contributed by atoms with E-state index in [1.165, 1.54) is 30.9 Å². The van der Waals surface area contributed by atoms with E-state index in [1.54, 1.807) is 0 Å². The van der Waals surface area contributed by atoms with Gasteiger partial charge in [0.05, 0.1) is 22.4 Å². The summed E-state index contributed by atoms with van der Waals surface area (Å²) in [7, 11) is 0. The van der Waals surface area contributed by atoms with Crippen molar-refractivity contribution in [1.29, 1.82) is 0 Å². The zero-order chi connectivity index (χ0) is 41.7. The molecule has 0 aliphatic carbocycles. The SMILES string of the molecule is c1ccc(N(c2ccccc2)c2cc3c(sc4cc(N(c5ccccc5)c5cccc6oc7ccccc7c56)cc(N(c5ccccc5)c5ccccc5)c43)c3ccccc23)cc1. The molecular formula is C58H39N3OS. The molecule has 0 amide bonds. The van der Waals surface area contributed by atoms with Gasteiger partial charge in [-0.2, -0.15) is 0 Å². The van der Waals surface area contributed by atoms with Crippen molar-refractivity contribution in [3.63, 3.8) is 0 Å². The van der Waals surface area contributed by atoms with E-state index < -0.39 is 0 Å². The van der Waals surface area contributed by atoms with Gasteiger partial charge < -0.3 is 19.1 Å². The normalized spacial score (nSPS) is 11.5. The molecule has 63 heavy (non-hydrogen) atoms. The van der Waals surface area contributed by atoms with Crippen molar-refractivity contribution in [1.82, 2.24) is 0 Å². The maximum Gasteiger partial charge on any atom is 0.137 e. The number of nitrogens with zero attached hydrogens (tertiary/aromatic N) is 3. The molecule has 0 saturated carbocycles. The minimum Gasteiger partial charge on any atom is -0.456 e. The Labute approximate surface area is 369 Å². The zero-order valence-corrected chi connectivity index (χ0v) is 35.0. The molecule has 5 heteroatoms. The Morgan fingerprint density at radius 2 is 0.730 bits per heavy atom. The van der Waals surface area contributed by atoms with Gasteiger partial charge in [0.2, 0.25) is 0 Å². The van der Waals surface area contributed by atoms with Crippen molar-refractivity contribution in [3.05, 3.63) is 237 Å². The standard InChI is InChI=1S/C58H39N3OS/c1-6-21-40(22-7-1)59(41-23-8-2-9-24-41)51-39-49-57-52(60(42-25-10-3-11-26-42)43-27-12-4-13-28-43)37-45(38-55(57)63-58(49)47-32-17-16-31-46(47)51)61(44-29-14-5-15-30-44)50-34-20-36-54-56(50)48-33-18-19-35-53(48)62-54/h1-39H. The number of furan rings is 1. The summed E-state index contributed by atoms with van der Waals surface area (Å²) in [5.74, 6) is 0. The molecule has 0 fully saturated rings. The topological polar surface area (TPSA) is 22.9 Å². The Hall–Kier alpha value is -8.12. The predicted molar refractivity (Wildman–Crippen MR) is 268 cm³/mol. The van der Waals surface area contributed by atoms with E-state index in [9.17, 15) is 0 Å². The van der Waals surface area contributed by atoms with Crippen LogP contribution in [0.15, 0.2) is 241 Å². The first kappa shape index (κ1) is 36.7. The van der Waals surface area contributed by atoms with Crippen LogP contribution in [-0.4, -0.2) is 0 Å². The van der Waals surface area contributed by atoms with Gasteiger partial charge in [-0.05, 0) is 97.1 Å². The summed E-state index contributed by atoms with van der Waals surface area (Å²) in [5, 5.41) is 6.97. The number of para-hydroxylation sites is 6. The fourth-order valence-corrected chi connectivity index (χ4v) is 10.5. The third kappa shape index (κ3) is 6.29. The van der Waals surface area contributed by atoms with Crippen molar-refractivity contribution >= 4 is 115 Å². The highest BCUT2D eigenvalue weighted by molar-refractivity contribution is 7.26. The third-order valence-electron chi connectivity index (χ3n) is 12.0. The molecule has 10 aromatic carbocycles. The summed E-state index contributed by atoms with van der Waals surface area (Å²) in [6.07, 6.45) is 0. The Kier molecular flexibility index (Phi) is 8.98. The molecule has 0 saturated heterocycles. The fraction of sp³-hybridized carbons (Fsp3) is 0. The van der Waals surface area contributed by atoms with Gasteiger partial charge in [-0.3, -0.25) is 0 Å². The van der Waals surface area contributed by atoms with Crippen LogP contribution in [0, 0.1) is 0 Å². The van der Waals surface area contributed by atoms with E-state index in [0.29, 0.717) is 0 Å². The van der Waals surface area contributed by atoms with Crippen molar-refractivity contribution in [2.75, 3.05) is 14.7 Å². The quantitative estimate of drug-likeness (QED) is 0.145. The lowest BCUT2D eigenvalue weighted by Gasteiger charge is -2.30. The van der Waals surface area contributed by atoms with E-state index in [4.69, 9.17) is 4.42 Å². The van der Waals surface area contributed by atoms with E-state index in [0.717, 1.165) is 73.1 Å². The Bertz CT molecular complexity index is 3490. The molecule has 12 aromatic rings. The van der Waals surface area contributed by atoms with Gasteiger partial charge in [0, 0.05) is 70.5 Å². The van der Waals surface area contributed by atoms with E-state index in [2.05, 4.69) is 245 Å². The van der Waals surface area contributed by atoms with Gasteiger partial charge >= 0.3 is 0 Å². The van der Waals surface area contributed by atoms with Gasteiger partial charge in [0.25, 0.3) is 0 Å². The number of anilines is 9. The lowest BCUT2D eigenvalue weighted by molar-refractivity contribution is 0.669. The lowest BCUT2D eigenvalue weighted by atomic mass is 10.00. The summed E-state index contributed by atoms with van der Waals surface area (Å²) < 4.78 is 8.94. The lowest BCUT2D eigenvalue weighted by Crippen LogP contribution is -2.13. The molecule has 12 rings (SSSR count). The highest BCUT2D eigenvalue weighted by Gasteiger charge is 2.26. The molecule has 0 aliphatic heterocycles. The van der Waals surface area contributed by atoms with Gasteiger partial charge in [0.1, 0.15) is 11.2 Å². The highest BCUT2D eigenvalue weighted by atomic mass is 32.1. The number of thiophene rings is 1. The van der Waals surface area contributed by atoms with Crippen LogP contribution >= 0.6 is 11.3 Å². The molecule has 2 heterocycles. The minimum atomic E-state index is 0.855. The third-order valence-corrected chi connectivity index (χ3v) is 13.1. The maximum atomic E-state index is 6.50. The van der Waals surface area contributed by atoms with Crippen LogP contribution in [0.2, 0.25) is 0 Å². The molecule has 0 aliphatic rings. The second-order valence-electron chi connectivity index (χ2n) is 15.7. The van der Waals surface area contributed by atoms with Crippen LogP contribution in [0.3, 0.4) is 0 Å². The molecule has 4 nitrogen and oxygen atoms in total. The van der Waals surface area contributed by atoms with Crippen molar-refractivity contribution in [2.24, 2.45) is 0 Å². The number of rotatable bonds is 9. The van der Waals surface area contributed by atoms with Crippen LogP contribution < -0.4 is 14.7 Å². The molecule has 0 radical (unpaired) electrons. The first-order valence-corrected chi connectivity index (χ1v) is 22.1. The molecule has 0 spiro atoms. The van der Waals surface area contributed by atoms with Crippen molar-refractivity contribution in [3.8, 4) is 0 Å². The van der Waals surface area contributed by atoms with Crippen molar-refractivity contribution in [2.45, 2.75) is 0 Å². The van der Waals surface area contributed by atoms with Crippen LogP contribution in [0.25, 0.3) is 52.9 Å². The zero-order valence-electron chi connectivity index (χ0n) is 34.2. The maximum absolute atomic E-state index is 6.50. The molecule has 0 bridgehead atoms. The van der Waals surface area contributed by atoms with E-state index >= 15 is 0 Å². The second kappa shape index (κ2) is 15.4. The largest absolute Gasteiger partial charge is 0.456 e. The smallest absolute Gasteiger partial charge is 0.137 e. The van der Waals surface area contributed by atoms with Crippen LogP contribution in [-0.2, 0) is 0 Å². The van der Waals surface area contributed by atoms with Gasteiger partial charge in [-0.25, -0.2) is 0 Å². The summed E-state index contributed by atoms with van der Waals surface area (Å²) in [6, 6.07) is 84.5. The minimum absolute atomic E-state index is 0.855. The summed E-state index contributed by atoms with van der Waals surface area (Å²) >= 11 is 1.86. The Balaban J connectivity index is 1.22. The van der Waals surface area contributed by atoms with Gasteiger partial charge in [-0.1, -0.05) is 140 Å². The first-order chi connectivity index (χ1) is 31.3. The first-order valence-electron chi connectivity index (χ1n) is 21.3. The second-order valence-corrected chi connectivity index (χ2v) is 16.7. The van der Waals surface area contributed by atoms with E-state index in [1.807, 2.05) is 17.4 Å². The predicted octanol–water partition coefficient (Wildman–Crippen LogP) is 17.5. The fourth-order valence-electron chi connectivity index (χ4n) is 9.27. The van der Waals surface area contributed by atoms with Gasteiger partial charge in [0.15, 0.2) is 0 Å². The van der Waals surface area contributed by atoms with Gasteiger partial charge in [-0.15, -0.1) is 11.3 Å². The average Bonchev–Trinajstić information content (AvgIpc) is 3.93.